The van der Waals surface area contributed by atoms with Crippen molar-refractivity contribution in [2.24, 2.45) is 0 Å². The van der Waals surface area contributed by atoms with Gasteiger partial charge in [-0.05, 0) is 46.1 Å². The van der Waals surface area contributed by atoms with Gasteiger partial charge < -0.3 is 5.32 Å². The first-order valence-corrected chi connectivity index (χ1v) is 8.44. The van der Waals surface area contributed by atoms with E-state index >= 15 is 0 Å². The number of aromatic nitrogens is 1. The molecule has 1 aromatic heterocycles. The van der Waals surface area contributed by atoms with Crippen molar-refractivity contribution in [3.05, 3.63) is 15.6 Å². The normalized spacial score (nSPS) is 24.1. The van der Waals surface area contributed by atoms with Crippen LogP contribution in [0.15, 0.2) is 0 Å². The summed E-state index contributed by atoms with van der Waals surface area (Å²) in [5, 5.41) is 4.98. The summed E-state index contributed by atoms with van der Waals surface area (Å²) in [6, 6.07) is 1.53. The molecule has 2 heterocycles. The highest BCUT2D eigenvalue weighted by Crippen LogP contribution is 2.30. The summed E-state index contributed by atoms with van der Waals surface area (Å²) in [5.41, 5.74) is 1.21. The van der Waals surface area contributed by atoms with Crippen LogP contribution in [0.5, 0.6) is 0 Å². The molecule has 4 heteroatoms. The first-order chi connectivity index (χ1) is 9.22. The van der Waals surface area contributed by atoms with Crippen LogP contribution in [0.1, 0.15) is 47.7 Å². The number of nitrogens with one attached hydrogen (secondary N) is 1. The van der Waals surface area contributed by atoms with Crippen LogP contribution in [-0.4, -0.2) is 35.1 Å². The second-order valence-corrected chi connectivity index (χ2v) is 7.34. The molecular weight excluding hydrogens is 254 g/mol. The highest BCUT2D eigenvalue weighted by molar-refractivity contribution is 7.11. The highest BCUT2D eigenvalue weighted by Gasteiger charge is 2.31. The number of rotatable bonds is 5. The zero-order valence-electron chi connectivity index (χ0n) is 12.1. The summed E-state index contributed by atoms with van der Waals surface area (Å²) >= 11 is 1.88. The Hall–Kier alpha value is -0.450. The van der Waals surface area contributed by atoms with Crippen LogP contribution in [0.4, 0.5) is 0 Å². The van der Waals surface area contributed by atoms with Crippen molar-refractivity contribution in [3.8, 4) is 0 Å². The molecule has 1 N–H and O–H groups in total. The van der Waals surface area contributed by atoms with Gasteiger partial charge in [0.2, 0.25) is 0 Å². The van der Waals surface area contributed by atoms with E-state index in [1.54, 1.807) is 0 Å². The van der Waals surface area contributed by atoms with Crippen molar-refractivity contribution in [3.63, 3.8) is 0 Å². The van der Waals surface area contributed by atoms with Gasteiger partial charge in [0.15, 0.2) is 0 Å². The minimum absolute atomic E-state index is 0.705. The fourth-order valence-corrected chi connectivity index (χ4v) is 3.89. The summed E-state index contributed by atoms with van der Waals surface area (Å²) in [7, 11) is 0. The van der Waals surface area contributed by atoms with Crippen LogP contribution < -0.4 is 5.32 Å². The predicted octanol–water partition coefficient (Wildman–Crippen LogP) is 2.87. The average molecular weight is 279 g/mol. The number of thiazole rings is 1. The maximum atomic E-state index is 4.71. The van der Waals surface area contributed by atoms with Crippen molar-refractivity contribution in [1.82, 2.24) is 15.2 Å². The smallest absolute Gasteiger partial charge is 0.107 e. The zero-order valence-corrected chi connectivity index (χ0v) is 12.9. The van der Waals surface area contributed by atoms with Gasteiger partial charge in [0.1, 0.15) is 5.01 Å². The lowest BCUT2D eigenvalue weighted by molar-refractivity contribution is 0.208. The Labute approximate surface area is 120 Å². The molecule has 1 aliphatic carbocycles. The number of aryl methyl sites for hydroxylation is 2. The molecule has 0 radical (unpaired) electrons. The van der Waals surface area contributed by atoms with E-state index in [-0.39, 0.29) is 0 Å². The van der Waals surface area contributed by atoms with Gasteiger partial charge in [-0.1, -0.05) is 6.42 Å². The van der Waals surface area contributed by atoms with E-state index < -0.39 is 0 Å². The van der Waals surface area contributed by atoms with Crippen molar-refractivity contribution in [1.29, 1.82) is 0 Å². The fourth-order valence-electron chi connectivity index (χ4n) is 2.93. The molecule has 1 unspecified atom stereocenters. The summed E-state index contributed by atoms with van der Waals surface area (Å²) in [6.45, 7) is 7.78. The Kier molecular flexibility index (Phi) is 4.20. The molecule has 2 aliphatic rings. The van der Waals surface area contributed by atoms with Crippen molar-refractivity contribution >= 4 is 11.3 Å². The molecule has 1 aromatic rings. The average Bonchev–Trinajstić information content (AvgIpc) is 3.18. The topological polar surface area (TPSA) is 28.2 Å². The summed E-state index contributed by atoms with van der Waals surface area (Å²) in [5.74, 6) is 0. The molecule has 0 spiro atoms. The third-order valence-electron chi connectivity index (χ3n) is 4.34. The Balaban J connectivity index is 1.60. The van der Waals surface area contributed by atoms with E-state index in [9.17, 15) is 0 Å². The van der Waals surface area contributed by atoms with Crippen LogP contribution in [0, 0.1) is 13.8 Å². The van der Waals surface area contributed by atoms with E-state index in [1.807, 2.05) is 11.3 Å². The molecule has 1 saturated carbocycles. The maximum Gasteiger partial charge on any atom is 0.107 e. The number of nitrogens with zero attached hydrogens (tertiary/aromatic N) is 2. The molecule has 19 heavy (non-hydrogen) atoms. The molecule has 1 atom stereocenters. The van der Waals surface area contributed by atoms with Gasteiger partial charge in [-0.15, -0.1) is 11.3 Å². The monoisotopic (exact) mass is 279 g/mol. The SMILES string of the molecule is Cc1nc(CN(CC2CCCCN2)C2CC2)sc1C. The summed E-state index contributed by atoms with van der Waals surface area (Å²) < 4.78 is 0. The van der Waals surface area contributed by atoms with Crippen molar-refractivity contribution in [2.45, 2.75) is 64.6 Å². The van der Waals surface area contributed by atoms with E-state index in [4.69, 9.17) is 4.98 Å². The van der Waals surface area contributed by atoms with Gasteiger partial charge in [-0.2, -0.15) is 0 Å². The van der Waals surface area contributed by atoms with E-state index in [2.05, 4.69) is 24.1 Å². The van der Waals surface area contributed by atoms with Crippen LogP contribution in [0.3, 0.4) is 0 Å². The molecular formula is C15H25N3S. The standard InChI is InChI=1S/C15H25N3S/c1-11-12(2)19-15(17-11)10-18(14-6-7-14)9-13-5-3-4-8-16-13/h13-14,16H,3-10H2,1-2H3. The number of hydrogen-bond donors (Lipinski definition) is 1. The molecule has 0 bridgehead atoms. The lowest BCUT2D eigenvalue weighted by atomic mass is 10.0. The van der Waals surface area contributed by atoms with Crippen molar-refractivity contribution in [2.75, 3.05) is 13.1 Å². The van der Waals surface area contributed by atoms with E-state index in [0.29, 0.717) is 6.04 Å². The largest absolute Gasteiger partial charge is 0.313 e. The van der Waals surface area contributed by atoms with E-state index in [1.165, 1.54) is 60.8 Å². The van der Waals surface area contributed by atoms with Crippen LogP contribution in [0.2, 0.25) is 0 Å². The molecule has 0 amide bonds. The maximum absolute atomic E-state index is 4.71. The molecule has 3 rings (SSSR count). The Bertz CT molecular complexity index is 400. The van der Waals surface area contributed by atoms with Crippen LogP contribution >= 0.6 is 11.3 Å². The zero-order chi connectivity index (χ0) is 13.2. The summed E-state index contributed by atoms with van der Waals surface area (Å²) in [4.78, 5) is 8.75. The van der Waals surface area contributed by atoms with Gasteiger partial charge in [0.05, 0.1) is 12.2 Å². The van der Waals surface area contributed by atoms with Gasteiger partial charge in [0, 0.05) is 23.5 Å². The molecule has 2 fully saturated rings. The number of piperidine rings is 1. The fraction of sp³-hybridized carbons (Fsp3) is 0.800. The third-order valence-corrected chi connectivity index (χ3v) is 5.40. The minimum atomic E-state index is 0.705. The quantitative estimate of drug-likeness (QED) is 0.898. The van der Waals surface area contributed by atoms with Gasteiger partial charge in [0.25, 0.3) is 0 Å². The van der Waals surface area contributed by atoms with Gasteiger partial charge in [-0.25, -0.2) is 4.98 Å². The summed E-state index contributed by atoms with van der Waals surface area (Å²) in [6.07, 6.45) is 6.86. The highest BCUT2D eigenvalue weighted by atomic mass is 32.1. The molecule has 1 aliphatic heterocycles. The van der Waals surface area contributed by atoms with Crippen LogP contribution in [-0.2, 0) is 6.54 Å². The third kappa shape index (κ3) is 3.56. The first-order valence-electron chi connectivity index (χ1n) is 7.62. The Morgan fingerprint density at radius 1 is 1.26 bits per heavy atom. The Morgan fingerprint density at radius 3 is 2.68 bits per heavy atom. The molecule has 0 aromatic carbocycles. The van der Waals surface area contributed by atoms with Crippen molar-refractivity contribution < 1.29 is 0 Å². The number of hydrogen-bond acceptors (Lipinski definition) is 4. The second-order valence-electron chi connectivity index (χ2n) is 6.06. The predicted molar refractivity (Wildman–Crippen MR) is 80.7 cm³/mol. The molecule has 1 saturated heterocycles. The second kappa shape index (κ2) is 5.90. The first kappa shape index (κ1) is 13.5. The lowest BCUT2D eigenvalue weighted by Crippen LogP contribution is -2.44. The van der Waals surface area contributed by atoms with E-state index in [0.717, 1.165) is 12.6 Å². The van der Waals surface area contributed by atoms with Crippen LogP contribution in [0.25, 0.3) is 0 Å². The minimum Gasteiger partial charge on any atom is -0.313 e. The molecule has 106 valence electrons. The van der Waals surface area contributed by atoms with Gasteiger partial charge in [-0.3, -0.25) is 4.90 Å². The lowest BCUT2D eigenvalue weighted by Gasteiger charge is -2.30. The van der Waals surface area contributed by atoms with Gasteiger partial charge >= 0.3 is 0 Å². The molecule has 3 nitrogen and oxygen atoms in total. The Morgan fingerprint density at radius 2 is 2.11 bits per heavy atom.